The standard InChI is InChI=1S/C14H19N3O/c1-12-5-6-13(11-15)14(16-12)18-10-9-17-7-3-2-4-8-17/h5-6H,2-4,7-10H2,1H3. The molecule has 0 saturated carbocycles. The molecule has 1 fully saturated rings. The summed E-state index contributed by atoms with van der Waals surface area (Å²) >= 11 is 0. The molecule has 0 bridgehead atoms. The van der Waals surface area contributed by atoms with Gasteiger partial charge in [-0.25, -0.2) is 4.98 Å². The summed E-state index contributed by atoms with van der Waals surface area (Å²) in [5.41, 5.74) is 1.39. The van der Waals surface area contributed by atoms with Crippen molar-refractivity contribution < 1.29 is 4.74 Å². The summed E-state index contributed by atoms with van der Waals surface area (Å²) in [6.07, 6.45) is 3.91. The quantitative estimate of drug-likeness (QED) is 0.815. The van der Waals surface area contributed by atoms with Crippen molar-refractivity contribution in [1.82, 2.24) is 9.88 Å². The van der Waals surface area contributed by atoms with E-state index in [2.05, 4.69) is 16.0 Å². The summed E-state index contributed by atoms with van der Waals surface area (Å²) < 4.78 is 5.64. The van der Waals surface area contributed by atoms with Gasteiger partial charge < -0.3 is 4.74 Å². The molecule has 0 unspecified atom stereocenters. The molecule has 0 spiro atoms. The van der Waals surface area contributed by atoms with Gasteiger partial charge in [0.1, 0.15) is 18.2 Å². The molecule has 0 aromatic carbocycles. The van der Waals surface area contributed by atoms with Crippen LogP contribution in [-0.4, -0.2) is 36.1 Å². The maximum Gasteiger partial charge on any atom is 0.231 e. The van der Waals surface area contributed by atoms with E-state index in [0.29, 0.717) is 18.1 Å². The second kappa shape index (κ2) is 6.36. The second-order valence-corrected chi connectivity index (χ2v) is 4.67. The molecule has 0 aliphatic carbocycles. The Bertz CT molecular complexity index is 433. The van der Waals surface area contributed by atoms with Crippen LogP contribution in [0.3, 0.4) is 0 Å². The van der Waals surface area contributed by atoms with Gasteiger partial charge in [0.25, 0.3) is 0 Å². The summed E-state index contributed by atoms with van der Waals surface area (Å²) in [5, 5.41) is 8.98. The first-order valence-corrected chi connectivity index (χ1v) is 6.52. The van der Waals surface area contributed by atoms with Gasteiger partial charge in [-0.1, -0.05) is 6.42 Å². The minimum Gasteiger partial charge on any atom is -0.475 e. The summed E-state index contributed by atoms with van der Waals surface area (Å²) in [7, 11) is 0. The maximum absolute atomic E-state index is 8.98. The lowest BCUT2D eigenvalue weighted by atomic mass is 10.1. The van der Waals surface area contributed by atoms with Crippen LogP contribution in [0.4, 0.5) is 0 Å². The number of rotatable bonds is 4. The van der Waals surface area contributed by atoms with Gasteiger partial charge in [0.2, 0.25) is 5.88 Å². The molecule has 1 aliphatic rings. The lowest BCUT2D eigenvalue weighted by Gasteiger charge is -2.26. The van der Waals surface area contributed by atoms with E-state index in [-0.39, 0.29) is 0 Å². The number of nitrogens with zero attached hydrogens (tertiary/aromatic N) is 3. The van der Waals surface area contributed by atoms with Crippen molar-refractivity contribution in [3.05, 3.63) is 23.4 Å². The summed E-state index contributed by atoms with van der Waals surface area (Å²) in [6, 6.07) is 5.70. The van der Waals surface area contributed by atoms with E-state index in [1.807, 2.05) is 13.0 Å². The number of pyridine rings is 1. The Morgan fingerprint density at radius 3 is 2.83 bits per heavy atom. The molecule has 18 heavy (non-hydrogen) atoms. The molecule has 1 aromatic heterocycles. The van der Waals surface area contributed by atoms with Crippen molar-refractivity contribution in [3.63, 3.8) is 0 Å². The van der Waals surface area contributed by atoms with Crippen LogP contribution in [0.25, 0.3) is 0 Å². The second-order valence-electron chi connectivity index (χ2n) is 4.67. The smallest absolute Gasteiger partial charge is 0.231 e. The number of piperidine rings is 1. The molecular weight excluding hydrogens is 226 g/mol. The minimum atomic E-state index is 0.467. The van der Waals surface area contributed by atoms with Crippen LogP contribution >= 0.6 is 0 Å². The Kier molecular flexibility index (Phi) is 4.54. The molecule has 2 rings (SSSR count). The average molecular weight is 245 g/mol. The van der Waals surface area contributed by atoms with Crippen LogP contribution in [0.5, 0.6) is 5.88 Å². The fraction of sp³-hybridized carbons (Fsp3) is 0.571. The number of hydrogen-bond acceptors (Lipinski definition) is 4. The first-order valence-electron chi connectivity index (χ1n) is 6.52. The van der Waals surface area contributed by atoms with Crippen LogP contribution in [0.2, 0.25) is 0 Å². The molecule has 1 aliphatic heterocycles. The van der Waals surface area contributed by atoms with Crippen LogP contribution in [-0.2, 0) is 0 Å². The molecule has 1 saturated heterocycles. The van der Waals surface area contributed by atoms with Gasteiger partial charge in [-0.2, -0.15) is 5.26 Å². The minimum absolute atomic E-state index is 0.467. The van der Waals surface area contributed by atoms with Gasteiger partial charge in [0, 0.05) is 12.2 Å². The zero-order chi connectivity index (χ0) is 12.8. The zero-order valence-corrected chi connectivity index (χ0v) is 10.9. The Morgan fingerprint density at radius 1 is 1.33 bits per heavy atom. The van der Waals surface area contributed by atoms with E-state index >= 15 is 0 Å². The summed E-state index contributed by atoms with van der Waals surface area (Å²) in [5.74, 6) is 0.467. The predicted octanol–water partition coefficient (Wildman–Crippen LogP) is 2.13. The van der Waals surface area contributed by atoms with E-state index in [1.54, 1.807) is 6.07 Å². The van der Waals surface area contributed by atoms with Gasteiger partial charge in [-0.15, -0.1) is 0 Å². The van der Waals surface area contributed by atoms with Gasteiger partial charge in [-0.3, -0.25) is 4.90 Å². The highest BCUT2D eigenvalue weighted by molar-refractivity contribution is 5.38. The van der Waals surface area contributed by atoms with Crippen LogP contribution in [0, 0.1) is 18.3 Å². The number of hydrogen-bond donors (Lipinski definition) is 0. The first kappa shape index (κ1) is 12.8. The Morgan fingerprint density at radius 2 is 2.11 bits per heavy atom. The monoisotopic (exact) mass is 245 g/mol. The van der Waals surface area contributed by atoms with E-state index in [9.17, 15) is 0 Å². The van der Waals surface area contributed by atoms with Gasteiger partial charge >= 0.3 is 0 Å². The largest absolute Gasteiger partial charge is 0.475 e. The molecule has 2 heterocycles. The number of ether oxygens (including phenoxy) is 1. The number of likely N-dealkylation sites (tertiary alicyclic amines) is 1. The lowest BCUT2D eigenvalue weighted by Crippen LogP contribution is -2.33. The first-order chi connectivity index (χ1) is 8.79. The Hall–Kier alpha value is -1.60. The predicted molar refractivity (Wildman–Crippen MR) is 69.5 cm³/mol. The SMILES string of the molecule is Cc1ccc(C#N)c(OCCN2CCCCC2)n1. The van der Waals surface area contributed by atoms with Gasteiger partial charge in [0.15, 0.2) is 0 Å². The molecule has 1 aromatic rings. The fourth-order valence-electron chi connectivity index (χ4n) is 2.18. The molecule has 0 radical (unpaired) electrons. The highest BCUT2D eigenvalue weighted by Crippen LogP contribution is 2.15. The third kappa shape index (κ3) is 3.44. The van der Waals surface area contributed by atoms with Crippen LogP contribution in [0.15, 0.2) is 12.1 Å². The van der Waals surface area contributed by atoms with Gasteiger partial charge in [-0.05, 0) is 45.0 Å². The lowest BCUT2D eigenvalue weighted by molar-refractivity contribution is 0.180. The topological polar surface area (TPSA) is 49.1 Å². The third-order valence-electron chi connectivity index (χ3n) is 3.21. The molecule has 4 nitrogen and oxygen atoms in total. The Balaban J connectivity index is 1.86. The van der Waals surface area contributed by atoms with E-state index in [4.69, 9.17) is 10.00 Å². The van der Waals surface area contributed by atoms with Crippen molar-refractivity contribution >= 4 is 0 Å². The van der Waals surface area contributed by atoms with Crippen molar-refractivity contribution in [1.29, 1.82) is 5.26 Å². The number of nitriles is 1. The maximum atomic E-state index is 8.98. The number of aromatic nitrogens is 1. The normalized spacial score (nSPS) is 16.2. The molecule has 96 valence electrons. The van der Waals surface area contributed by atoms with E-state index < -0.39 is 0 Å². The van der Waals surface area contributed by atoms with Gasteiger partial charge in [0.05, 0.1) is 0 Å². The van der Waals surface area contributed by atoms with Crippen molar-refractivity contribution in [2.75, 3.05) is 26.2 Å². The summed E-state index contributed by atoms with van der Waals surface area (Å²) in [6.45, 7) is 5.75. The Labute approximate surface area is 108 Å². The highest BCUT2D eigenvalue weighted by atomic mass is 16.5. The van der Waals surface area contributed by atoms with Crippen LogP contribution < -0.4 is 4.74 Å². The van der Waals surface area contributed by atoms with Crippen LogP contribution in [0.1, 0.15) is 30.5 Å². The van der Waals surface area contributed by atoms with Crippen molar-refractivity contribution in [2.24, 2.45) is 0 Å². The molecular formula is C14H19N3O. The highest BCUT2D eigenvalue weighted by Gasteiger charge is 2.10. The summed E-state index contributed by atoms with van der Waals surface area (Å²) in [4.78, 5) is 6.67. The van der Waals surface area contributed by atoms with E-state index in [0.717, 1.165) is 25.3 Å². The fourth-order valence-corrected chi connectivity index (χ4v) is 2.18. The van der Waals surface area contributed by atoms with E-state index in [1.165, 1.54) is 19.3 Å². The van der Waals surface area contributed by atoms with Crippen molar-refractivity contribution in [3.8, 4) is 11.9 Å². The molecule has 0 N–H and O–H groups in total. The molecule has 0 amide bonds. The van der Waals surface area contributed by atoms with Crippen molar-refractivity contribution in [2.45, 2.75) is 26.2 Å². The number of aryl methyl sites for hydroxylation is 1. The zero-order valence-electron chi connectivity index (χ0n) is 10.9. The molecule has 0 atom stereocenters. The molecule has 4 heteroatoms. The third-order valence-corrected chi connectivity index (χ3v) is 3.21. The average Bonchev–Trinajstić information content (AvgIpc) is 2.40.